The zero-order valence-corrected chi connectivity index (χ0v) is 13.4. The number of amides is 1. The minimum absolute atomic E-state index is 0.0403. The highest BCUT2D eigenvalue weighted by atomic mass is 32.1. The largest absolute Gasteiger partial charge is 0.396 e. The highest BCUT2D eigenvalue weighted by Crippen LogP contribution is 2.49. The number of aliphatic hydroxyl groups excluding tert-OH is 1. The van der Waals surface area contributed by atoms with Gasteiger partial charge in [0.25, 0.3) is 0 Å². The Balaban J connectivity index is 1.67. The number of carbonyl (C=O) groups is 1. The highest BCUT2D eigenvalue weighted by Gasteiger charge is 2.44. The average Bonchev–Trinajstić information content (AvgIpc) is 3.10. The lowest BCUT2D eigenvalue weighted by Crippen LogP contribution is -2.28. The van der Waals surface area contributed by atoms with Gasteiger partial charge in [0.15, 0.2) is 0 Å². The SMILES string of the molecule is Cc1ccc(C2CC2C(=O)NCCCC(C)(C)CO)s1. The van der Waals surface area contributed by atoms with E-state index in [-0.39, 0.29) is 23.8 Å². The molecule has 2 rings (SSSR count). The maximum absolute atomic E-state index is 12.0. The molecule has 1 aliphatic carbocycles. The first-order valence-corrected chi connectivity index (χ1v) is 8.19. The van der Waals surface area contributed by atoms with Gasteiger partial charge in [-0.05, 0) is 43.7 Å². The summed E-state index contributed by atoms with van der Waals surface area (Å²) in [5.74, 6) is 0.823. The van der Waals surface area contributed by atoms with Gasteiger partial charge in [-0.15, -0.1) is 11.3 Å². The summed E-state index contributed by atoms with van der Waals surface area (Å²) in [6, 6.07) is 4.28. The van der Waals surface area contributed by atoms with E-state index in [2.05, 4.69) is 24.4 Å². The van der Waals surface area contributed by atoms with Crippen molar-refractivity contribution < 1.29 is 9.90 Å². The van der Waals surface area contributed by atoms with E-state index in [1.807, 2.05) is 13.8 Å². The summed E-state index contributed by atoms with van der Waals surface area (Å²) in [6.45, 7) is 7.11. The quantitative estimate of drug-likeness (QED) is 0.760. The van der Waals surface area contributed by atoms with Gasteiger partial charge in [0.1, 0.15) is 0 Å². The van der Waals surface area contributed by atoms with Crippen LogP contribution in [0.5, 0.6) is 0 Å². The lowest BCUT2D eigenvalue weighted by Gasteiger charge is -2.21. The van der Waals surface area contributed by atoms with E-state index in [0.29, 0.717) is 5.92 Å². The van der Waals surface area contributed by atoms with E-state index in [4.69, 9.17) is 0 Å². The van der Waals surface area contributed by atoms with Crippen LogP contribution in [-0.4, -0.2) is 24.2 Å². The van der Waals surface area contributed by atoms with Gasteiger partial charge in [0.05, 0.1) is 0 Å². The normalized spacial score (nSPS) is 21.8. The second-order valence-corrected chi connectivity index (χ2v) is 7.93. The Hall–Kier alpha value is -0.870. The molecule has 0 aromatic carbocycles. The van der Waals surface area contributed by atoms with Gasteiger partial charge in [-0.2, -0.15) is 0 Å². The van der Waals surface area contributed by atoms with Gasteiger partial charge in [-0.3, -0.25) is 4.79 Å². The van der Waals surface area contributed by atoms with Gasteiger partial charge in [-0.25, -0.2) is 0 Å². The van der Waals surface area contributed by atoms with Crippen molar-refractivity contribution in [2.45, 2.75) is 46.0 Å². The Morgan fingerprint density at radius 3 is 2.85 bits per heavy atom. The van der Waals surface area contributed by atoms with Crippen LogP contribution in [0, 0.1) is 18.3 Å². The Kier molecular flexibility index (Phi) is 4.86. The topological polar surface area (TPSA) is 49.3 Å². The van der Waals surface area contributed by atoms with Crippen LogP contribution in [0.1, 0.15) is 48.8 Å². The zero-order valence-electron chi connectivity index (χ0n) is 12.6. The van der Waals surface area contributed by atoms with Gasteiger partial charge in [0, 0.05) is 34.7 Å². The van der Waals surface area contributed by atoms with E-state index in [0.717, 1.165) is 25.8 Å². The fourth-order valence-corrected chi connectivity index (χ4v) is 3.50. The summed E-state index contributed by atoms with van der Waals surface area (Å²) in [4.78, 5) is 14.7. The maximum Gasteiger partial charge on any atom is 0.223 e. The first-order chi connectivity index (χ1) is 9.43. The van der Waals surface area contributed by atoms with Crippen LogP contribution in [0.2, 0.25) is 0 Å². The molecule has 3 nitrogen and oxygen atoms in total. The molecule has 4 heteroatoms. The van der Waals surface area contributed by atoms with Crippen molar-refractivity contribution >= 4 is 17.2 Å². The number of carbonyl (C=O) groups excluding carboxylic acids is 1. The predicted octanol–water partition coefficient (Wildman–Crippen LogP) is 3.07. The Labute approximate surface area is 125 Å². The fraction of sp³-hybridized carbons (Fsp3) is 0.688. The summed E-state index contributed by atoms with van der Waals surface area (Å²) in [6.07, 6.45) is 2.85. The fourth-order valence-electron chi connectivity index (χ4n) is 2.44. The van der Waals surface area contributed by atoms with E-state index < -0.39 is 0 Å². The summed E-state index contributed by atoms with van der Waals surface area (Å²) < 4.78 is 0. The third-order valence-corrected chi connectivity index (χ3v) is 5.14. The molecular weight excluding hydrogens is 270 g/mol. The summed E-state index contributed by atoms with van der Waals surface area (Å²) in [5, 5.41) is 12.2. The number of aliphatic hydroxyl groups is 1. The molecule has 1 aromatic heterocycles. The molecule has 0 radical (unpaired) electrons. The van der Waals surface area contributed by atoms with Crippen molar-refractivity contribution in [1.82, 2.24) is 5.32 Å². The Morgan fingerprint density at radius 2 is 2.25 bits per heavy atom. The molecule has 1 fully saturated rings. The number of rotatable bonds is 7. The summed E-state index contributed by atoms with van der Waals surface area (Å²) >= 11 is 1.81. The second-order valence-electron chi connectivity index (χ2n) is 6.61. The van der Waals surface area contributed by atoms with Gasteiger partial charge < -0.3 is 10.4 Å². The molecule has 0 spiro atoms. The molecule has 2 N–H and O–H groups in total. The molecule has 112 valence electrons. The first-order valence-electron chi connectivity index (χ1n) is 7.38. The van der Waals surface area contributed by atoms with Crippen molar-refractivity contribution in [1.29, 1.82) is 0 Å². The lowest BCUT2D eigenvalue weighted by atomic mass is 9.89. The van der Waals surface area contributed by atoms with Crippen molar-refractivity contribution in [3.05, 3.63) is 21.9 Å². The highest BCUT2D eigenvalue weighted by molar-refractivity contribution is 7.12. The molecule has 2 unspecified atom stereocenters. The van der Waals surface area contributed by atoms with Crippen LogP contribution in [0.3, 0.4) is 0 Å². The molecular formula is C16H25NO2S. The van der Waals surface area contributed by atoms with Crippen LogP contribution >= 0.6 is 11.3 Å². The van der Waals surface area contributed by atoms with Crippen LogP contribution in [0.4, 0.5) is 0 Å². The minimum atomic E-state index is -0.0403. The van der Waals surface area contributed by atoms with Crippen LogP contribution in [0.15, 0.2) is 12.1 Å². The number of hydrogen-bond acceptors (Lipinski definition) is 3. The van der Waals surface area contributed by atoms with E-state index in [1.165, 1.54) is 9.75 Å². The Bertz CT molecular complexity index is 467. The average molecular weight is 295 g/mol. The summed E-state index contributed by atoms with van der Waals surface area (Å²) in [5.41, 5.74) is -0.0403. The standard InChI is InChI=1S/C16H25NO2S/c1-11-5-6-14(20-11)12-9-13(12)15(19)17-8-4-7-16(2,3)10-18/h5-6,12-13,18H,4,7-10H2,1-3H3,(H,17,19). The van der Waals surface area contributed by atoms with Crippen LogP contribution in [-0.2, 0) is 4.79 Å². The lowest BCUT2D eigenvalue weighted by molar-refractivity contribution is -0.122. The maximum atomic E-state index is 12.0. The molecule has 2 atom stereocenters. The van der Waals surface area contributed by atoms with E-state index in [1.54, 1.807) is 11.3 Å². The number of hydrogen-bond donors (Lipinski definition) is 2. The van der Waals surface area contributed by atoms with Gasteiger partial charge in [-0.1, -0.05) is 13.8 Å². The molecule has 1 amide bonds. The van der Waals surface area contributed by atoms with Crippen LogP contribution < -0.4 is 5.32 Å². The van der Waals surface area contributed by atoms with Crippen molar-refractivity contribution in [2.24, 2.45) is 11.3 Å². The molecule has 1 aliphatic rings. The molecule has 1 saturated carbocycles. The summed E-state index contributed by atoms with van der Waals surface area (Å²) in [7, 11) is 0. The smallest absolute Gasteiger partial charge is 0.223 e. The third-order valence-electron chi connectivity index (χ3n) is 4.01. The molecule has 20 heavy (non-hydrogen) atoms. The van der Waals surface area contributed by atoms with Gasteiger partial charge in [0.2, 0.25) is 5.91 Å². The number of thiophene rings is 1. The van der Waals surface area contributed by atoms with Crippen molar-refractivity contribution in [2.75, 3.05) is 13.2 Å². The van der Waals surface area contributed by atoms with E-state index >= 15 is 0 Å². The third kappa shape index (κ3) is 4.06. The van der Waals surface area contributed by atoms with Crippen LogP contribution in [0.25, 0.3) is 0 Å². The second kappa shape index (κ2) is 6.27. The predicted molar refractivity (Wildman–Crippen MR) is 83.0 cm³/mol. The molecule has 1 heterocycles. The number of nitrogens with one attached hydrogen (secondary N) is 1. The van der Waals surface area contributed by atoms with Gasteiger partial charge >= 0.3 is 0 Å². The minimum Gasteiger partial charge on any atom is -0.396 e. The first kappa shape index (κ1) is 15.5. The molecule has 0 bridgehead atoms. The monoisotopic (exact) mass is 295 g/mol. The van der Waals surface area contributed by atoms with Crippen molar-refractivity contribution in [3.8, 4) is 0 Å². The molecule has 0 aliphatic heterocycles. The molecule has 0 saturated heterocycles. The Morgan fingerprint density at radius 1 is 1.50 bits per heavy atom. The van der Waals surface area contributed by atoms with E-state index in [9.17, 15) is 9.90 Å². The zero-order chi connectivity index (χ0) is 14.8. The van der Waals surface area contributed by atoms with Crippen molar-refractivity contribution in [3.63, 3.8) is 0 Å². The number of aryl methyl sites for hydroxylation is 1. The molecule has 1 aromatic rings.